The van der Waals surface area contributed by atoms with Gasteiger partial charge in [0.25, 0.3) is 7.82 Å². The van der Waals surface area contributed by atoms with Gasteiger partial charge in [0, 0.05) is 6.42 Å². The average Bonchev–Trinajstić information content (AvgIpc) is 3.36. The van der Waals surface area contributed by atoms with Crippen molar-refractivity contribution in [3.05, 3.63) is 97.2 Å². The molecule has 1 amide bonds. The number of nitrogens with one attached hydrogen (secondary N) is 1. The molecule has 0 radical (unpaired) electrons. The minimum absolute atomic E-state index is 0.0114. The van der Waals surface area contributed by atoms with Crippen LogP contribution in [-0.4, -0.2) is 68.5 Å². The van der Waals surface area contributed by atoms with Gasteiger partial charge in [0.15, 0.2) is 0 Å². The number of rotatable bonds is 55. The highest BCUT2D eigenvalue weighted by atomic mass is 31.2. The molecule has 74 heavy (non-hydrogen) atoms. The van der Waals surface area contributed by atoms with E-state index >= 15 is 0 Å². The van der Waals surface area contributed by atoms with Crippen molar-refractivity contribution in [3.63, 3.8) is 0 Å². The number of phosphoric acid groups is 1. The van der Waals surface area contributed by atoms with Crippen molar-refractivity contribution in [1.82, 2.24) is 5.32 Å². The molecule has 3 unspecified atom stereocenters. The van der Waals surface area contributed by atoms with Crippen molar-refractivity contribution in [3.8, 4) is 0 Å². The summed E-state index contributed by atoms with van der Waals surface area (Å²) in [5.74, 6) is -0.214. The molecule has 0 aromatic rings. The first-order valence-corrected chi connectivity index (χ1v) is 32.1. The van der Waals surface area contributed by atoms with Gasteiger partial charge in [-0.3, -0.25) is 9.36 Å². The number of quaternary nitrogens is 1. The van der Waals surface area contributed by atoms with Crippen LogP contribution in [-0.2, 0) is 18.4 Å². The van der Waals surface area contributed by atoms with E-state index in [1.165, 1.54) is 154 Å². The summed E-state index contributed by atoms with van der Waals surface area (Å²) in [7, 11) is 1.23. The first kappa shape index (κ1) is 71.4. The molecule has 428 valence electrons. The van der Waals surface area contributed by atoms with Crippen molar-refractivity contribution in [1.29, 1.82) is 0 Å². The largest absolute Gasteiger partial charge is 0.756 e. The van der Waals surface area contributed by atoms with Crippen molar-refractivity contribution < 1.29 is 32.9 Å². The van der Waals surface area contributed by atoms with Crippen LogP contribution in [0.2, 0.25) is 0 Å². The Hall–Kier alpha value is -2.58. The smallest absolute Gasteiger partial charge is 0.268 e. The van der Waals surface area contributed by atoms with E-state index in [4.69, 9.17) is 9.05 Å². The molecule has 2 N–H and O–H groups in total. The number of phosphoric ester groups is 1. The Morgan fingerprint density at radius 2 is 0.838 bits per heavy atom. The SMILES string of the molecule is CC/C=C\C/C=C\C/C=C\C/C=C\C/C=C\C/C=C\CCCCCCCCCCCCC(=O)NC(COP(=O)([O-])OCC[N+](C)(C)C)C(O)/C=C/CC/C=C/CCCCCCCCCCCCCCCCCCC. The van der Waals surface area contributed by atoms with Crippen molar-refractivity contribution in [2.45, 2.75) is 270 Å². The Balaban J connectivity index is 4.24. The highest BCUT2D eigenvalue weighted by Crippen LogP contribution is 2.38. The summed E-state index contributed by atoms with van der Waals surface area (Å²) in [4.78, 5) is 25.5. The number of amides is 1. The molecule has 0 saturated heterocycles. The molecule has 0 rings (SSSR count). The minimum Gasteiger partial charge on any atom is -0.756 e. The fourth-order valence-electron chi connectivity index (χ4n) is 8.53. The molecule has 0 aliphatic carbocycles. The summed E-state index contributed by atoms with van der Waals surface area (Å²) in [6.07, 6.45) is 79.2. The van der Waals surface area contributed by atoms with E-state index in [2.05, 4.69) is 104 Å². The second kappa shape index (κ2) is 55.2. The lowest BCUT2D eigenvalue weighted by molar-refractivity contribution is -0.870. The third kappa shape index (κ3) is 57.1. The molecule has 0 heterocycles. The standard InChI is InChI=1S/C65H117N2O6P/c1-6-8-10-12-14-16-18-20-22-24-26-28-30-31-32-33-34-35-37-39-41-43-45-47-49-51-53-55-57-59-65(69)66-63(62-73-74(70,71)72-61-60-67(3,4)5)64(68)58-56-54-52-50-48-46-44-42-40-38-36-29-27-25-23-21-19-17-15-13-11-9-7-2/h8,10,14,16,20,22,26,28,31-32,34-35,48,50,56,58,63-64,68H,6-7,9,11-13,15,17-19,21,23-25,27,29-30,33,36-47,49,51-55,57,59-62H2,1-5H3,(H-,66,69,70,71)/b10-8-,16-14-,22-20-,28-26-,32-31-,35-34-,50-48+,58-56+. The van der Waals surface area contributed by atoms with Gasteiger partial charge in [0.2, 0.25) is 5.91 Å². The van der Waals surface area contributed by atoms with Crippen LogP contribution in [0.1, 0.15) is 258 Å². The molecule has 0 fully saturated rings. The molecular weight excluding hydrogens is 936 g/mol. The predicted molar refractivity (Wildman–Crippen MR) is 320 cm³/mol. The Bertz CT molecular complexity index is 1520. The summed E-state index contributed by atoms with van der Waals surface area (Å²) in [6, 6.07) is -0.913. The van der Waals surface area contributed by atoms with Crippen LogP contribution in [0.4, 0.5) is 0 Å². The van der Waals surface area contributed by atoms with Crippen LogP contribution in [0.25, 0.3) is 0 Å². The Labute approximate surface area is 458 Å². The Morgan fingerprint density at radius 1 is 0.486 bits per heavy atom. The molecule has 8 nitrogen and oxygen atoms in total. The number of allylic oxidation sites excluding steroid dienone is 15. The number of likely N-dealkylation sites (N-methyl/N-ethyl adjacent to an activating group) is 1. The van der Waals surface area contributed by atoms with E-state index in [9.17, 15) is 19.4 Å². The second-order valence-corrected chi connectivity index (χ2v) is 23.1. The fourth-order valence-corrected chi connectivity index (χ4v) is 9.25. The molecule has 0 saturated carbocycles. The fraction of sp³-hybridized carbons (Fsp3) is 0.738. The van der Waals surface area contributed by atoms with Crippen molar-refractivity contribution >= 4 is 13.7 Å². The number of aliphatic hydroxyl groups excluding tert-OH is 1. The van der Waals surface area contributed by atoms with Gasteiger partial charge in [-0.15, -0.1) is 0 Å². The van der Waals surface area contributed by atoms with Gasteiger partial charge in [-0.1, -0.05) is 265 Å². The lowest BCUT2D eigenvalue weighted by atomic mass is 10.0. The van der Waals surface area contributed by atoms with Gasteiger partial charge in [-0.05, 0) is 83.5 Å². The quantitative estimate of drug-likeness (QED) is 0.0272. The molecule has 0 spiro atoms. The number of unbranched alkanes of at least 4 members (excludes halogenated alkanes) is 28. The maximum Gasteiger partial charge on any atom is 0.268 e. The molecule has 0 aromatic carbocycles. The molecule has 0 aromatic heterocycles. The first-order valence-electron chi connectivity index (χ1n) is 30.6. The number of carbonyl (C=O) groups excluding carboxylic acids is 1. The molecule has 0 bridgehead atoms. The number of hydrogen-bond acceptors (Lipinski definition) is 6. The zero-order valence-electron chi connectivity index (χ0n) is 48.8. The first-order chi connectivity index (χ1) is 36.0. The van der Waals surface area contributed by atoms with Gasteiger partial charge >= 0.3 is 0 Å². The Kier molecular flexibility index (Phi) is 53.3. The van der Waals surface area contributed by atoms with E-state index in [1.807, 2.05) is 27.2 Å². The van der Waals surface area contributed by atoms with Crippen LogP contribution in [0, 0.1) is 0 Å². The third-order valence-corrected chi connectivity index (χ3v) is 14.2. The highest BCUT2D eigenvalue weighted by molar-refractivity contribution is 7.45. The number of hydrogen-bond donors (Lipinski definition) is 2. The zero-order chi connectivity index (χ0) is 54.2. The normalized spacial score (nSPS) is 14.5. The summed E-state index contributed by atoms with van der Waals surface area (Å²) in [5.41, 5.74) is 0. The topological polar surface area (TPSA) is 108 Å². The average molecular weight is 1050 g/mol. The lowest BCUT2D eigenvalue weighted by Gasteiger charge is -2.29. The maximum atomic E-state index is 13.0. The number of carbonyl (C=O) groups is 1. The number of aliphatic hydroxyl groups is 1. The molecule has 0 aliphatic rings. The van der Waals surface area contributed by atoms with Crippen LogP contribution < -0.4 is 10.2 Å². The van der Waals surface area contributed by atoms with E-state index in [1.54, 1.807) is 6.08 Å². The third-order valence-electron chi connectivity index (χ3n) is 13.3. The minimum atomic E-state index is -4.62. The van der Waals surface area contributed by atoms with E-state index in [0.29, 0.717) is 17.4 Å². The van der Waals surface area contributed by atoms with Gasteiger partial charge in [0.05, 0.1) is 39.9 Å². The molecule has 0 aliphatic heterocycles. The van der Waals surface area contributed by atoms with E-state index < -0.39 is 26.6 Å². The highest BCUT2D eigenvalue weighted by Gasteiger charge is 2.23. The zero-order valence-corrected chi connectivity index (χ0v) is 49.7. The summed E-state index contributed by atoms with van der Waals surface area (Å²) in [5, 5.41) is 13.9. The van der Waals surface area contributed by atoms with Gasteiger partial charge in [-0.2, -0.15) is 0 Å². The van der Waals surface area contributed by atoms with Crippen LogP contribution >= 0.6 is 7.82 Å². The lowest BCUT2D eigenvalue weighted by Crippen LogP contribution is -2.45. The Morgan fingerprint density at radius 3 is 1.26 bits per heavy atom. The molecule has 3 atom stereocenters. The van der Waals surface area contributed by atoms with Crippen LogP contribution in [0.3, 0.4) is 0 Å². The van der Waals surface area contributed by atoms with Crippen LogP contribution in [0.15, 0.2) is 97.2 Å². The summed E-state index contributed by atoms with van der Waals surface area (Å²) >= 11 is 0. The van der Waals surface area contributed by atoms with Crippen LogP contribution in [0.5, 0.6) is 0 Å². The maximum absolute atomic E-state index is 13.0. The number of nitrogens with zero attached hydrogens (tertiary/aromatic N) is 1. The predicted octanol–water partition coefficient (Wildman–Crippen LogP) is 18.4. The van der Waals surface area contributed by atoms with E-state index in [0.717, 1.165) is 83.5 Å². The monoisotopic (exact) mass is 1050 g/mol. The molecule has 9 heteroatoms. The van der Waals surface area contributed by atoms with Crippen molar-refractivity contribution in [2.75, 3.05) is 40.9 Å². The van der Waals surface area contributed by atoms with Gasteiger partial charge < -0.3 is 28.8 Å². The summed E-state index contributed by atoms with van der Waals surface area (Å²) < 4.78 is 23.4. The summed E-state index contributed by atoms with van der Waals surface area (Å²) in [6.45, 7) is 4.52. The van der Waals surface area contributed by atoms with Gasteiger partial charge in [0.1, 0.15) is 13.2 Å². The van der Waals surface area contributed by atoms with E-state index in [-0.39, 0.29) is 12.5 Å². The second-order valence-electron chi connectivity index (χ2n) is 21.7. The van der Waals surface area contributed by atoms with Crippen molar-refractivity contribution in [2.24, 2.45) is 0 Å². The van der Waals surface area contributed by atoms with Gasteiger partial charge in [-0.25, -0.2) is 0 Å². The molecular formula is C65H117N2O6P.